The van der Waals surface area contributed by atoms with Crippen LogP contribution >= 0.6 is 0 Å². The third-order valence-electron chi connectivity index (χ3n) is 2.49. The SMILES string of the molecule is COC(=O)C(C)Nc1cc2n[nH]c(=O)n2c(C)n1. The van der Waals surface area contributed by atoms with Crippen LogP contribution in [0.4, 0.5) is 5.82 Å². The first-order valence-electron chi connectivity index (χ1n) is 5.32. The molecule has 18 heavy (non-hydrogen) atoms. The first kappa shape index (κ1) is 12.1. The van der Waals surface area contributed by atoms with Gasteiger partial charge in [0.15, 0.2) is 5.65 Å². The number of nitrogens with zero attached hydrogens (tertiary/aromatic N) is 3. The third kappa shape index (κ3) is 2.04. The predicted octanol–water partition coefficient (Wildman–Crippen LogP) is -0.301. The van der Waals surface area contributed by atoms with Crippen molar-refractivity contribution in [3.63, 3.8) is 0 Å². The molecule has 2 rings (SSSR count). The molecule has 0 fully saturated rings. The van der Waals surface area contributed by atoms with E-state index in [9.17, 15) is 9.59 Å². The number of H-pyrrole nitrogens is 1. The fraction of sp³-hybridized carbons (Fsp3) is 0.400. The molecular weight excluding hydrogens is 238 g/mol. The molecule has 0 bridgehead atoms. The second-order valence-corrected chi connectivity index (χ2v) is 3.80. The van der Waals surface area contributed by atoms with Crippen LogP contribution in [0.5, 0.6) is 0 Å². The van der Waals surface area contributed by atoms with Crippen LogP contribution in [0.25, 0.3) is 5.65 Å². The molecule has 2 aromatic heterocycles. The lowest BCUT2D eigenvalue weighted by atomic mass is 10.3. The number of methoxy groups -OCH3 is 1. The molecule has 8 heteroatoms. The van der Waals surface area contributed by atoms with Gasteiger partial charge in [0, 0.05) is 6.07 Å². The lowest BCUT2D eigenvalue weighted by Crippen LogP contribution is -2.28. The van der Waals surface area contributed by atoms with Crippen molar-refractivity contribution in [3.05, 3.63) is 22.4 Å². The van der Waals surface area contributed by atoms with Crippen LogP contribution in [-0.2, 0) is 9.53 Å². The molecule has 0 radical (unpaired) electrons. The molecule has 0 aromatic carbocycles. The van der Waals surface area contributed by atoms with Crippen molar-refractivity contribution in [2.75, 3.05) is 12.4 Å². The molecule has 96 valence electrons. The van der Waals surface area contributed by atoms with Crippen LogP contribution in [0, 0.1) is 6.92 Å². The van der Waals surface area contributed by atoms with E-state index in [0.29, 0.717) is 17.3 Å². The van der Waals surface area contributed by atoms with Gasteiger partial charge in [0.1, 0.15) is 17.7 Å². The highest BCUT2D eigenvalue weighted by Crippen LogP contribution is 2.09. The zero-order valence-corrected chi connectivity index (χ0v) is 10.2. The molecule has 0 aliphatic rings. The van der Waals surface area contributed by atoms with E-state index in [1.165, 1.54) is 11.5 Å². The molecule has 8 nitrogen and oxygen atoms in total. The number of ether oxygens (including phenoxy) is 1. The number of aromatic amines is 1. The number of esters is 1. The smallest absolute Gasteiger partial charge is 0.349 e. The molecular formula is C10H13N5O3. The molecule has 0 spiro atoms. The number of carbonyl (C=O) groups is 1. The maximum absolute atomic E-state index is 11.4. The van der Waals surface area contributed by atoms with Crippen molar-refractivity contribution in [1.82, 2.24) is 19.6 Å². The van der Waals surface area contributed by atoms with Gasteiger partial charge in [-0.15, -0.1) is 0 Å². The number of carbonyl (C=O) groups excluding carboxylic acids is 1. The summed E-state index contributed by atoms with van der Waals surface area (Å²) < 4.78 is 5.94. The standard InChI is InChI=1S/C10H13N5O3/c1-5(9(16)18-3)11-7-4-8-13-14-10(17)15(8)6(2)12-7/h4-5,11H,1-3H3,(H,14,17). The van der Waals surface area contributed by atoms with E-state index in [4.69, 9.17) is 0 Å². The van der Waals surface area contributed by atoms with E-state index in [-0.39, 0.29) is 5.69 Å². The van der Waals surface area contributed by atoms with Gasteiger partial charge in [0.2, 0.25) is 0 Å². The summed E-state index contributed by atoms with van der Waals surface area (Å²) in [4.78, 5) is 26.9. The number of hydrogen-bond donors (Lipinski definition) is 2. The molecule has 2 heterocycles. The molecule has 2 N–H and O–H groups in total. The minimum Gasteiger partial charge on any atom is -0.467 e. The summed E-state index contributed by atoms with van der Waals surface area (Å²) in [5.41, 5.74) is 0.0923. The normalized spacial score (nSPS) is 12.4. The molecule has 1 unspecified atom stereocenters. The van der Waals surface area contributed by atoms with Gasteiger partial charge in [0.05, 0.1) is 7.11 Å². The lowest BCUT2D eigenvalue weighted by molar-refractivity contribution is -0.141. The topological polar surface area (TPSA) is 101 Å². The summed E-state index contributed by atoms with van der Waals surface area (Å²) in [6, 6.07) is 1.04. The molecule has 0 aliphatic carbocycles. The Kier molecular flexibility index (Phi) is 3.00. The largest absolute Gasteiger partial charge is 0.467 e. The number of aromatic nitrogens is 4. The second kappa shape index (κ2) is 4.47. The van der Waals surface area contributed by atoms with Crippen molar-refractivity contribution in [1.29, 1.82) is 0 Å². The molecule has 0 aliphatic heterocycles. The maximum atomic E-state index is 11.4. The highest BCUT2D eigenvalue weighted by molar-refractivity contribution is 5.78. The van der Waals surface area contributed by atoms with E-state index >= 15 is 0 Å². The van der Waals surface area contributed by atoms with Crippen molar-refractivity contribution >= 4 is 17.4 Å². The van der Waals surface area contributed by atoms with E-state index in [0.717, 1.165) is 0 Å². The molecule has 0 amide bonds. The van der Waals surface area contributed by atoms with Gasteiger partial charge in [-0.1, -0.05) is 0 Å². The van der Waals surface area contributed by atoms with Crippen LogP contribution in [0.3, 0.4) is 0 Å². The average molecular weight is 251 g/mol. The maximum Gasteiger partial charge on any atom is 0.349 e. The van der Waals surface area contributed by atoms with E-state index in [1.54, 1.807) is 19.9 Å². The minimum absolute atomic E-state index is 0.345. The van der Waals surface area contributed by atoms with Crippen LogP contribution in [0.15, 0.2) is 10.9 Å². The van der Waals surface area contributed by atoms with Gasteiger partial charge >= 0.3 is 11.7 Å². The molecule has 1 atom stereocenters. The van der Waals surface area contributed by atoms with E-state index in [2.05, 4.69) is 25.2 Å². The Morgan fingerprint density at radius 1 is 1.61 bits per heavy atom. The van der Waals surface area contributed by atoms with Crippen LogP contribution in [0.2, 0.25) is 0 Å². The zero-order chi connectivity index (χ0) is 13.3. The Labute approximate surface area is 102 Å². The van der Waals surface area contributed by atoms with E-state index < -0.39 is 12.0 Å². The van der Waals surface area contributed by atoms with Gasteiger partial charge in [-0.05, 0) is 13.8 Å². The zero-order valence-electron chi connectivity index (χ0n) is 10.2. The Hall–Kier alpha value is -2.38. The molecule has 0 saturated carbocycles. The van der Waals surface area contributed by atoms with Crippen molar-refractivity contribution in [2.45, 2.75) is 19.9 Å². The van der Waals surface area contributed by atoms with E-state index in [1.807, 2.05) is 0 Å². The summed E-state index contributed by atoms with van der Waals surface area (Å²) in [6.45, 7) is 3.33. The van der Waals surface area contributed by atoms with Crippen molar-refractivity contribution in [3.8, 4) is 0 Å². The number of anilines is 1. The third-order valence-corrected chi connectivity index (χ3v) is 2.49. The number of aryl methyl sites for hydroxylation is 1. The lowest BCUT2D eigenvalue weighted by Gasteiger charge is -2.12. The van der Waals surface area contributed by atoms with Crippen LogP contribution in [0.1, 0.15) is 12.7 Å². The highest BCUT2D eigenvalue weighted by atomic mass is 16.5. The summed E-state index contributed by atoms with van der Waals surface area (Å²) in [5.74, 6) is 0.538. The van der Waals surface area contributed by atoms with Crippen LogP contribution in [-0.4, -0.2) is 38.7 Å². The second-order valence-electron chi connectivity index (χ2n) is 3.80. The Morgan fingerprint density at radius 3 is 3.00 bits per heavy atom. The number of rotatable bonds is 3. The summed E-state index contributed by atoms with van der Waals surface area (Å²) in [7, 11) is 1.32. The first-order chi connectivity index (χ1) is 8.52. The van der Waals surface area contributed by atoms with Gasteiger partial charge in [-0.25, -0.2) is 24.1 Å². The number of fused-ring (bicyclic) bond motifs is 1. The Morgan fingerprint density at radius 2 is 2.33 bits per heavy atom. The minimum atomic E-state index is -0.532. The molecule has 0 saturated heterocycles. The Bertz CT molecular complexity index is 644. The quantitative estimate of drug-likeness (QED) is 0.726. The average Bonchev–Trinajstić information content (AvgIpc) is 2.70. The van der Waals surface area contributed by atoms with Crippen molar-refractivity contribution in [2.24, 2.45) is 0 Å². The van der Waals surface area contributed by atoms with Gasteiger partial charge < -0.3 is 10.1 Å². The number of nitrogens with one attached hydrogen (secondary N) is 2. The fourth-order valence-electron chi connectivity index (χ4n) is 1.63. The fourth-order valence-corrected chi connectivity index (χ4v) is 1.63. The molecule has 2 aromatic rings. The first-order valence-corrected chi connectivity index (χ1v) is 5.32. The van der Waals surface area contributed by atoms with Crippen molar-refractivity contribution < 1.29 is 9.53 Å². The summed E-state index contributed by atoms with van der Waals surface area (Å²) >= 11 is 0. The van der Waals surface area contributed by atoms with Crippen LogP contribution < -0.4 is 11.0 Å². The highest BCUT2D eigenvalue weighted by Gasteiger charge is 2.14. The van der Waals surface area contributed by atoms with Gasteiger partial charge in [0.25, 0.3) is 0 Å². The van der Waals surface area contributed by atoms with Gasteiger partial charge in [-0.2, -0.15) is 5.10 Å². The predicted molar refractivity (Wildman–Crippen MR) is 63.4 cm³/mol. The Balaban J connectivity index is 2.36. The van der Waals surface area contributed by atoms with Gasteiger partial charge in [-0.3, -0.25) is 0 Å². The summed E-state index contributed by atoms with van der Waals surface area (Å²) in [6.07, 6.45) is 0. The summed E-state index contributed by atoms with van der Waals surface area (Å²) in [5, 5.41) is 9.05. The number of hydrogen-bond acceptors (Lipinski definition) is 6. The monoisotopic (exact) mass is 251 g/mol.